The van der Waals surface area contributed by atoms with Crippen molar-refractivity contribution < 1.29 is 23.7 Å². The Hall–Kier alpha value is -1.27. The molecule has 0 bridgehead atoms. The molecule has 19 heavy (non-hydrogen) atoms. The van der Waals surface area contributed by atoms with Gasteiger partial charge in [-0.05, 0) is 0 Å². The zero-order chi connectivity index (χ0) is 13.2. The van der Waals surface area contributed by atoms with E-state index in [4.69, 9.17) is 18.9 Å². The molecule has 2 saturated heterocycles. The topological polar surface area (TPSA) is 54.0 Å². The number of carbonyl (C=O) groups excluding carboxylic acids is 1. The number of benzene rings is 1. The summed E-state index contributed by atoms with van der Waals surface area (Å²) in [5, 5.41) is 0. The molecule has 5 heteroatoms. The predicted molar refractivity (Wildman–Crippen MR) is 65.3 cm³/mol. The molecule has 5 nitrogen and oxygen atoms in total. The SMILES string of the molecule is CO[C@H]1O[C@@H]2CO[C@@H](c3ccccc3)O[C@@H]2CC1=O. The van der Waals surface area contributed by atoms with E-state index in [1.54, 1.807) is 0 Å². The summed E-state index contributed by atoms with van der Waals surface area (Å²) in [6.45, 7) is 0.400. The van der Waals surface area contributed by atoms with Gasteiger partial charge >= 0.3 is 0 Å². The van der Waals surface area contributed by atoms with Crippen LogP contribution in [0.15, 0.2) is 30.3 Å². The molecule has 2 aliphatic rings. The summed E-state index contributed by atoms with van der Waals surface area (Å²) >= 11 is 0. The van der Waals surface area contributed by atoms with Gasteiger partial charge in [0.2, 0.25) is 6.29 Å². The van der Waals surface area contributed by atoms with Gasteiger partial charge < -0.3 is 18.9 Å². The normalized spacial score (nSPS) is 34.9. The number of ketones is 1. The Kier molecular flexibility index (Phi) is 3.61. The van der Waals surface area contributed by atoms with Crippen molar-refractivity contribution in [3.8, 4) is 0 Å². The van der Waals surface area contributed by atoms with Gasteiger partial charge in [-0.2, -0.15) is 0 Å². The van der Waals surface area contributed by atoms with Gasteiger partial charge in [0.05, 0.1) is 12.7 Å². The van der Waals surface area contributed by atoms with E-state index in [2.05, 4.69) is 0 Å². The maximum atomic E-state index is 11.8. The standard InChI is InChI=1S/C14H16O5/c1-16-14-10(15)7-11-12(19-14)8-17-13(18-11)9-5-3-2-4-6-9/h2-6,11-14H,7-8H2,1H3/t11-,12-,13-,14+/m1/s1. The van der Waals surface area contributed by atoms with E-state index in [1.807, 2.05) is 30.3 Å². The molecule has 1 aromatic rings. The van der Waals surface area contributed by atoms with Gasteiger partial charge in [0, 0.05) is 19.1 Å². The fourth-order valence-electron chi connectivity index (χ4n) is 2.38. The third-order valence-corrected chi connectivity index (χ3v) is 3.37. The molecule has 2 aliphatic heterocycles. The largest absolute Gasteiger partial charge is 0.349 e. The monoisotopic (exact) mass is 264 g/mol. The Morgan fingerprint density at radius 2 is 1.95 bits per heavy atom. The summed E-state index contributed by atoms with van der Waals surface area (Å²) in [7, 11) is 1.46. The van der Waals surface area contributed by atoms with Crippen molar-refractivity contribution in [1.82, 2.24) is 0 Å². The highest BCUT2D eigenvalue weighted by Crippen LogP contribution is 2.32. The molecule has 0 N–H and O–H groups in total. The molecule has 2 heterocycles. The van der Waals surface area contributed by atoms with E-state index in [0.717, 1.165) is 5.56 Å². The van der Waals surface area contributed by atoms with E-state index < -0.39 is 12.6 Å². The number of fused-ring (bicyclic) bond motifs is 1. The van der Waals surface area contributed by atoms with E-state index >= 15 is 0 Å². The summed E-state index contributed by atoms with van der Waals surface area (Å²) in [6, 6.07) is 9.67. The summed E-state index contributed by atoms with van der Waals surface area (Å²) in [5.74, 6) is -0.0857. The third-order valence-electron chi connectivity index (χ3n) is 3.37. The predicted octanol–water partition coefficient (Wildman–Crippen LogP) is 1.43. The van der Waals surface area contributed by atoms with Crippen LogP contribution >= 0.6 is 0 Å². The van der Waals surface area contributed by atoms with Crippen LogP contribution in [0.2, 0.25) is 0 Å². The van der Waals surface area contributed by atoms with Gasteiger partial charge in [-0.3, -0.25) is 4.79 Å². The van der Waals surface area contributed by atoms with Crippen LogP contribution in [0.4, 0.5) is 0 Å². The molecule has 0 spiro atoms. The lowest BCUT2D eigenvalue weighted by atomic mass is 10.0. The highest BCUT2D eigenvalue weighted by molar-refractivity contribution is 5.83. The van der Waals surface area contributed by atoms with Crippen molar-refractivity contribution in [2.24, 2.45) is 0 Å². The number of hydrogen-bond donors (Lipinski definition) is 0. The van der Waals surface area contributed by atoms with Crippen LogP contribution in [0.5, 0.6) is 0 Å². The quantitative estimate of drug-likeness (QED) is 0.809. The lowest BCUT2D eigenvalue weighted by Crippen LogP contribution is -2.51. The molecular formula is C14H16O5. The van der Waals surface area contributed by atoms with Gasteiger partial charge in [-0.25, -0.2) is 0 Å². The molecular weight excluding hydrogens is 248 g/mol. The fraction of sp³-hybridized carbons (Fsp3) is 0.500. The zero-order valence-electron chi connectivity index (χ0n) is 10.7. The van der Waals surface area contributed by atoms with Crippen molar-refractivity contribution in [3.05, 3.63) is 35.9 Å². The first-order valence-corrected chi connectivity index (χ1v) is 6.31. The summed E-state index contributed by atoms with van der Waals surface area (Å²) in [4.78, 5) is 11.8. The second kappa shape index (κ2) is 5.38. The Balaban J connectivity index is 1.70. The Labute approximate surface area is 111 Å². The number of methoxy groups -OCH3 is 1. The molecule has 0 saturated carbocycles. The first-order valence-electron chi connectivity index (χ1n) is 6.31. The Morgan fingerprint density at radius 1 is 1.16 bits per heavy atom. The lowest BCUT2D eigenvalue weighted by Gasteiger charge is -2.40. The molecule has 0 aliphatic carbocycles. The van der Waals surface area contributed by atoms with Crippen LogP contribution in [-0.2, 0) is 23.7 Å². The zero-order valence-corrected chi connectivity index (χ0v) is 10.7. The molecule has 102 valence electrons. The van der Waals surface area contributed by atoms with Crippen molar-refractivity contribution in [3.63, 3.8) is 0 Å². The molecule has 0 radical (unpaired) electrons. The van der Waals surface area contributed by atoms with Crippen LogP contribution in [0.25, 0.3) is 0 Å². The van der Waals surface area contributed by atoms with Crippen molar-refractivity contribution in [1.29, 1.82) is 0 Å². The van der Waals surface area contributed by atoms with Crippen molar-refractivity contribution in [2.45, 2.75) is 31.2 Å². The average Bonchev–Trinajstić information content (AvgIpc) is 2.47. The molecule has 0 aromatic heterocycles. The first kappa shape index (κ1) is 12.7. The molecule has 0 amide bonds. The Bertz CT molecular complexity index is 446. The molecule has 4 atom stereocenters. The second-order valence-corrected chi connectivity index (χ2v) is 4.66. The maximum Gasteiger partial charge on any atom is 0.218 e. The minimum atomic E-state index is -0.790. The van der Waals surface area contributed by atoms with E-state index in [9.17, 15) is 4.79 Å². The number of ether oxygens (including phenoxy) is 4. The van der Waals surface area contributed by atoms with E-state index in [1.165, 1.54) is 7.11 Å². The average molecular weight is 264 g/mol. The summed E-state index contributed by atoms with van der Waals surface area (Å²) < 4.78 is 22.0. The third kappa shape index (κ3) is 2.55. The Morgan fingerprint density at radius 3 is 2.68 bits per heavy atom. The molecule has 2 fully saturated rings. The van der Waals surface area contributed by atoms with E-state index in [-0.39, 0.29) is 18.0 Å². The van der Waals surface area contributed by atoms with Gasteiger partial charge in [0.25, 0.3) is 0 Å². The molecule has 3 rings (SSSR count). The van der Waals surface area contributed by atoms with Crippen LogP contribution in [0.3, 0.4) is 0 Å². The fourth-order valence-corrected chi connectivity index (χ4v) is 2.38. The minimum Gasteiger partial charge on any atom is -0.349 e. The van der Waals surface area contributed by atoms with Crippen LogP contribution in [0.1, 0.15) is 18.3 Å². The van der Waals surface area contributed by atoms with Gasteiger partial charge in [-0.15, -0.1) is 0 Å². The van der Waals surface area contributed by atoms with Crippen molar-refractivity contribution >= 4 is 5.78 Å². The van der Waals surface area contributed by atoms with E-state index in [0.29, 0.717) is 13.0 Å². The minimum absolute atomic E-state index is 0.0857. The van der Waals surface area contributed by atoms with Gasteiger partial charge in [0.15, 0.2) is 12.1 Å². The number of rotatable bonds is 2. The number of carbonyl (C=O) groups is 1. The molecule has 1 aromatic carbocycles. The van der Waals surface area contributed by atoms with Crippen LogP contribution < -0.4 is 0 Å². The van der Waals surface area contributed by atoms with Crippen LogP contribution in [-0.4, -0.2) is 38.0 Å². The van der Waals surface area contributed by atoms with Crippen LogP contribution in [0, 0.1) is 0 Å². The first-order chi connectivity index (χ1) is 9.28. The lowest BCUT2D eigenvalue weighted by molar-refractivity contribution is -0.300. The summed E-state index contributed by atoms with van der Waals surface area (Å²) in [5.41, 5.74) is 0.947. The summed E-state index contributed by atoms with van der Waals surface area (Å²) in [6.07, 6.45) is -1.43. The smallest absolute Gasteiger partial charge is 0.218 e. The number of Topliss-reactive ketones (excluding diaryl/α,β-unsaturated/α-hetero) is 1. The highest BCUT2D eigenvalue weighted by Gasteiger charge is 2.42. The maximum absolute atomic E-state index is 11.8. The second-order valence-electron chi connectivity index (χ2n) is 4.66. The molecule has 0 unspecified atom stereocenters. The van der Waals surface area contributed by atoms with Gasteiger partial charge in [0.1, 0.15) is 6.10 Å². The number of hydrogen-bond acceptors (Lipinski definition) is 5. The van der Waals surface area contributed by atoms with Gasteiger partial charge in [-0.1, -0.05) is 30.3 Å². The van der Waals surface area contributed by atoms with Crippen molar-refractivity contribution in [2.75, 3.05) is 13.7 Å². The highest BCUT2D eigenvalue weighted by atomic mass is 16.7.